The first kappa shape index (κ1) is 18.6. The third-order valence-corrected chi connectivity index (χ3v) is 5.65. The van der Waals surface area contributed by atoms with Crippen LogP contribution in [0.1, 0.15) is 58.4 Å². The summed E-state index contributed by atoms with van der Waals surface area (Å²) in [6.07, 6.45) is 3.38. The Morgan fingerprint density at radius 1 is 1.27 bits per heavy atom. The molecule has 1 heterocycles. The van der Waals surface area contributed by atoms with E-state index >= 15 is 0 Å². The maximum Gasteiger partial charge on any atom is 0.228 e. The van der Waals surface area contributed by atoms with Gasteiger partial charge < -0.3 is 5.32 Å². The third kappa shape index (κ3) is 3.53. The van der Waals surface area contributed by atoms with E-state index in [2.05, 4.69) is 31.2 Å². The molecular formula is C21H28FN3O. The first-order chi connectivity index (χ1) is 12.2. The maximum atomic E-state index is 13.3. The van der Waals surface area contributed by atoms with Gasteiger partial charge in [0, 0.05) is 24.1 Å². The van der Waals surface area contributed by atoms with Gasteiger partial charge in [-0.05, 0) is 48.4 Å². The largest absolute Gasteiger partial charge is 0.309 e. The van der Waals surface area contributed by atoms with Crippen LogP contribution >= 0.6 is 0 Å². The number of amides is 1. The van der Waals surface area contributed by atoms with Gasteiger partial charge in [0.2, 0.25) is 5.91 Å². The number of carbonyl (C=O) groups excluding carboxylic acids is 1. The normalized spacial score (nSPS) is 16.2. The van der Waals surface area contributed by atoms with E-state index in [9.17, 15) is 9.18 Å². The Kier molecular flexibility index (Phi) is 4.91. The fraction of sp³-hybridized carbons (Fsp3) is 0.524. The third-order valence-electron chi connectivity index (χ3n) is 5.65. The van der Waals surface area contributed by atoms with Gasteiger partial charge in [-0.2, -0.15) is 5.10 Å². The van der Waals surface area contributed by atoms with Crippen molar-refractivity contribution in [1.82, 2.24) is 9.78 Å². The second-order valence-electron chi connectivity index (χ2n) is 8.45. The molecule has 2 aromatic rings. The van der Waals surface area contributed by atoms with E-state index in [1.165, 1.54) is 18.6 Å². The summed E-state index contributed by atoms with van der Waals surface area (Å²) >= 11 is 0. The SMILES string of the molecule is C[C@@H](C(=O)Nc1nn(C)c(-c2ccc(F)cc2)c1C1CCC1)C(C)(C)C. The van der Waals surface area contributed by atoms with Crippen LogP contribution in [0.2, 0.25) is 0 Å². The molecule has 26 heavy (non-hydrogen) atoms. The van der Waals surface area contributed by atoms with E-state index in [-0.39, 0.29) is 23.1 Å². The van der Waals surface area contributed by atoms with E-state index in [0.717, 1.165) is 29.7 Å². The Balaban J connectivity index is 2.00. The lowest BCUT2D eigenvalue weighted by atomic mass is 9.78. The number of nitrogens with zero attached hydrogens (tertiary/aromatic N) is 2. The highest BCUT2D eigenvalue weighted by Gasteiger charge is 2.32. The number of nitrogens with one attached hydrogen (secondary N) is 1. The summed E-state index contributed by atoms with van der Waals surface area (Å²) in [5, 5.41) is 7.67. The van der Waals surface area contributed by atoms with Crippen LogP contribution in [0.4, 0.5) is 10.2 Å². The topological polar surface area (TPSA) is 46.9 Å². The fourth-order valence-corrected chi connectivity index (χ4v) is 3.28. The lowest BCUT2D eigenvalue weighted by Gasteiger charge is -2.28. The van der Waals surface area contributed by atoms with Gasteiger partial charge in [-0.1, -0.05) is 34.1 Å². The molecule has 1 aromatic carbocycles. The molecule has 1 aliphatic carbocycles. The Bertz CT molecular complexity index is 798. The quantitative estimate of drug-likeness (QED) is 0.826. The number of hydrogen-bond donors (Lipinski definition) is 1. The predicted octanol–water partition coefficient (Wildman–Crippen LogP) is 5.11. The predicted molar refractivity (Wildman–Crippen MR) is 102 cm³/mol. The zero-order valence-electron chi connectivity index (χ0n) is 16.3. The minimum absolute atomic E-state index is 0.0122. The van der Waals surface area contributed by atoms with Crippen molar-refractivity contribution < 1.29 is 9.18 Å². The van der Waals surface area contributed by atoms with Crippen LogP contribution in [-0.2, 0) is 11.8 Å². The summed E-state index contributed by atoms with van der Waals surface area (Å²) in [4.78, 5) is 12.7. The van der Waals surface area contributed by atoms with Crippen LogP contribution in [0.3, 0.4) is 0 Å². The summed E-state index contributed by atoms with van der Waals surface area (Å²) in [5.41, 5.74) is 2.86. The molecular weight excluding hydrogens is 329 g/mol. The van der Waals surface area contributed by atoms with Crippen molar-refractivity contribution in [2.75, 3.05) is 5.32 Å². The molecule has 1 aliphatic rings. The molecule has 1 atom stereocenters. The average Bonchev–Trinajstić information content (AvgIpc) is 2.81. The smallest absolute Gasteiger partial charge is 0.228 e. The van der Waals surface area contributed by atoms with E-state index < -0.39 is 0 Å². The first-order valence-electron chi connectivity index (χ1n) is 9.32. The Hall–Kier alpha value is -2.17. The Morgan fingerprint density at radius 3 is 2.38 bits per heavy atom. The second kappa shape index (κ2) is 6.86. The van der Waals surface area contributed by atoms with Crippen LogP contribution in [0.5, 0.6) is 0 Å². The molecule has 1 N–H and O–H groups in total. The Labute approximate surface area is 154 Å². The summed E-state index contributed by atoms with van der Waals surface area (Å²) < 4.78 is 15.1. The van der Waals surface area contributed by atoms with Gasteiger partial charge in [0.15, 0.2) is 5.82 Å². The number of aryl methyl sites for hydroxylation is 1. The van der Waals surface area contributed by atoms with Gasteiger partial charge in [0.25, 0.3) is 0 Å². The van der Waals surface area contributed by atoms with E-state index in [4.69, 9.17) is 0 Å². The van der Waals surface area contributed by atoms with Crippen LogP contribution in [0, 0.1) is 17.2 Å². The Morgan fingerprint density at radius 2 is 1.88 bits per heavy atom. The van der Waals surface area contributed by atoms with Crippen molar-refractivity contribution in [2.24, 2.45) is 18.4 Å². The number of rotatable bonds is 4. The summed E-state index contributed by atoms with van der Waals surface area (Å²) in [7, 11) is 1.88. The molecule has 1 fully saturated rings. The number of halogens is 1. The van der Waals surface area contributed by atoms with Crippen molar-refractivity contribution >= 4 is 11.7 Å². The lowest BCUT2D eigenvalue weighted by molar-refractivity contribution is -0.122. The number of benzene rings is 1. The molecule has 5 heteroatoms. The first-order valence-corrected chi connectivity index (χ1v) is 9.32. The van der Waals surface area contributed by atoms with Crippen molar-refractivity contribution in [1.29, 1.82) is 0 Å². The number of hydrogen-bond acceptors (Lipinski definition) is 2. The molecule has 0 spiro atoms. The highest BCUT2D eigenvalue weighted by atomic mass is 19.1. The van der Waals surface area contributed by atoms with Crippen molar-refractivity contribution in [3.8, 4) is 11.3 Å². The van der Waals surface area contributed by atoms with Crippen LogP contribution in [-0.4, -0.2) is 15.7 Å². The highest BCUT2D eigenvalue weighted by molar-refractivity contribution is 5.93. The van der Waals surface area contributed by atoms with E-state index in [0.29, 0.717) is 11.7 Å². The minimum atomic E-state index is -0.256. The molecule has 0 bridgehead atoms. The number of aromatic nitrogens is 2. The molecule has 3 rings (SSSR count). The van der Waals surface area contributed by atoms with Crippen molar-refractivity contribution in [2.45, 2.75) is 52.9 Å². The zero-order chi connectivity index (χ0) is 19.1. The molecule has 1 amide bonds. The summed E-state index contributed by atoms with van der Waals surface area (Å²) in [5.74, 6) is 0.644. The average molecular weight is 357 g/mol. The molecule has 1 aromatic heterocycles. The van der Waals surface area contributed by atoms with Gasteiger partial charge >= 0.3 is 0 Å². The van der Waals surface area contributed by atoms with Crippen LogP contribution in [0.25, 0.3) is 11.3 Å². The second-order valence-corrected chi connectivity index (χ2v) is 8.45. The molecule has 4 nitrogen and oxygen atoms in total. The van der Waals surface area contributed by atoms with Gasteiger partial charge in [-0.15, -0.1) is 0 Å². The summed E-state index contributed by atoms with van der Waals surface area (Å²) in [6, 6.07) is 6.48. The maximum absolute atomic E-state index is 13.3. The highest BCUT2D eigenvalue weighted by Crippen LogP contribution is 2.45. The standard InChI is InChI=1S/C21H28FN3O/c1-13(21(2,3)4)20(26)23-19-17(14-7-6-8-14)18(25(5)24-19)15-9-11-16(22)12-10-15/h9-14H,6-8H2,1-5H3,(H,23,24,26)/t13-/m0/s1. The van der Waals surface area contributed by atoms with Crippen molar-refractivity contribution in [3.05, 3.63) is 35.6 Å². The van der Waals surface area contributed by atoms with Gasteiger partial charge in [-0.3, -0.25) is 9.48 Å². The van der Waals surface area contributed by atoms with Gasteiger partial charge in [-0.25, -0.2) is 4.39 Å². The van der Waals surface area contributed by atoms with Gasteiger partial charge in [0.05, 0.1) is 5.69 Å². The lowest BCUT2D eigenvalue weighted by Crippen LogP contribution is -2.31. The van der Waals surface area contributed by atoms with Crippen molar-refractivity contribution in [3.63, 3.8) is 0 Å². The zero-order valence-corrected chi connectivity index (χ0v) is 16.3. The van der Waals surface area contributed by atoms with E-state index in [1.54, 1.807) is 16.8 Å². The monoisotopic (exact) mass is 357 g/mol. The molecule has 0 saturated heterocycles. The van der Waals surface area contributed by atoms with Crippen LogP contribution < -0.4 is 5.32 Å². The molecule has 1 saturated carbocycles. The molecule has 140 valence electrons. The fourth-order valence-electron chi connectivity index (χ4n) is 3.28. The molecule has 0 radical (unpaired) electrons. The number of carbonyl (C=O) groups is 1. The van der Waals surface area contributed by atoms with Crippen LogP contribution in [0.15, 0.2) is 24.3 Å². The molecule has 0 aliphatic heterocycles. The summed E-state index contributed by atoms with van der Waals surface area (Å²) in [6.45, 7) is 8.13. The molecule has 0 unspecified atom stereocenters. The van der Waals surface area contributed by atoms with Gasteiger partial charge in [0.1, 0.15) is 5.82 Å². The number of anilines is 1. The minimum Gasteiger partial charge on any atom is -0.309 e. The van der Waals surface area contributed by atoms with E-state index in [1.807, 2.05) is 14.0 Å².